The second-order valence-electron chi connectivity index (χ2n) is 4.50. The Morgan fingerprint density at radius 3 is 2.32 bits per heavy atom. The predicted octanol–water partition coefficient (Wildman–Crippen LogP) is 3.34. The van der Waals surface area contributed by atoms with E-state index < -0.39 is 0 Å². The largest absolute Gasteiger partial charge is 0.490 e. The number of nitrogens with two attached hydrogens (primary N) is 1. The van der Waals surface area contributed by atoms with Gasteiger partial charge in [0.05, 0.1) is 5.69 Å². The van der Waals surface area contributed by atoms with Crippen molar-refractivity contribution in [2.24, 2.45) is 0 Å². The zero-order chi connectivity index (χ0) is 13.7. The van der Waals surface area contributed by atoms with Crippen molar-refractivity contribution in [3.05, 3.63) is 53.6 Å². The van der Waals surface area contributed by atoms with E-state index in [1.807, 2.05) is 44.2 Å². The third-order valence-corrected chi connectivity index (χ3v) is 2.86. The zero-order valence-electron chi connectivity index (χ0n) is 11.3. The number of nitrogen functional groups attached to an aromatic ring is 1. The average molecular weight is 257 g/mol. The Labute approximate surface area is 114 Å². The molecule has 0 aliphatic heterocycles. The summed E-state index contributed by atoms with van der Waals surface area (Å²) in [5, 5.41) is 0. The van der Waals surface area contributed by atoms with E-state index in [4.69, 9.17) is 15.2 Å². The molecule has 0 aliphatic carbocycles. The van der Waals surface area contributed by atoms with Crippen LogP contribution in [0.5, 0.6) is 11.5 Å². The highest BCUT2D eigenvalue weighted by Crippen LogP contribution is 2.21. The molecular weight excluding hydrogens is 238 g/mol. The van der Waals surface area contributed by atoms with E-state index in [1.165, 1.54) is 5.56 Å². The maximum atomic E-state index is 5.79. The normalized spacial score (nSPS) is 10.2. The number of benzene rings is 2. The Morgan fingerprint density at radius 1 is 0.895 bits per heavy atom. The van der Waals surface area contributed by atoms with Crippen LogP contribution in [-0.4, -0.2) is 13.2 Å². The van der Waals surface area contributed by atoms with Crippen LogP contribution in [0.25, 0.3) is 0 Å². The summed E-state index contributed by atoms with van der Waals surface area (Å²) in [5.41, 5.74) is 8.76. The molecule has 0 atom stereocenters. The molecule has 100 valence electrons. The molecule has 0 aliphatic rings. The molecule has 19 heavy (non-hydrogen) atoms. The number of hydrogen-bond acceptors (Lipinski definition) is 3. The van der Waals surface area contributed by atoms with Gasteiger partial charge < -0.3 is 15.2 Å². The summed E-state index contributed by atoms with van der Waals surface area (Å²) in [5.74, 6) is 1.61. The summed E-state index contributed by atoms with van der Waals surface area (Å²) in [6.07, 6.45) is 0. The Balaban J connectivity index is 1.84. The van der Waals surface area contributed by atoms with E-state index in [0.717, 1.165) is 11.3 Å². The summed E-state index contributed by atoms with van der Waals surface area (Å²) >= 11 is 0. The van der Waals surface area contributed by atoms with E-state index in [0.29, 0.717) is 24.7 Å². The van der Waals surface area contributed by atoms with Crippen LogP contribution < -0.4 is 15.2 Å². The minimum atomic E-state index is 0.474. The molecule has 0 saturated carbocycles. The van der Waals surface area contributed by atoms with Gasteiger partial charge >= 0.3 is 0 Å². The number of rotatable bonds is 5. The second kappa shape index (κ2) is 6.14. The number of ether oxygens (including phenoxy) is 2. The van der Waals surface area contributed by atoms with Crippen LogP contribution in [0.1, 0.15) is 11.1 Å². The van der Waals surface area contributed by atoms with Gasteiger partial charge in [0.15, 0.2) is 0 Å². The third kappa shape index (κ3) is 3.65. The van der Waals surface area contributed by atoms with E-state index in [-0.39, 0.29) is 0 Å². The monoisotopic (exact) mass is 257 g/mol. The predicted molar refractivity (Wildman–Crippen MR) is 77.8 cm³/mol. The lowest BCUT2D eigenvalue weighted by Gasteiger charge is -2.11. The number of aryl methyl sites for hydroxylation is 2. The zero-order valence-corrected chi connectivity index (χ0v) is 11.3. The van der Waals surface area contributed by atoms with Gasteiger partial charge in [0.2, 0.25) is 0 Å². The Bertz CT molecular complexity index is 552. The lowest BCUT2D eigenvalue weighted by molar-refractivity contribution is 0.217. The van der Waals surface area contributed by atoms with Gasteiger partial charge in [-0.3, -0.25) is 0 Å². The smallest absolute Gasteiger partial charge is 0.142 e. The fourth-order valence-corrected chi connectivity index (χ4v) is 1.78. The Kier molecular flexibility index (Phi) is 4.29. The first-order valence-corrected chi connectivity index (χ1v) is 6.34. The molecule has 0 radical (unpaired) electrons. The van der Waals surface area contributed by atoms with Gasteiger partial charge in [-0.25, -0.2) is 0 Å². The highest BCUT2D eigenvalue weighted by atomic mass is 16.5. The van der Waals surface area contributed by atoms with Crippen molar-refractivity contribution in [2.45, 2.75) is 13.8 Å². The minimum Gasteiger partial charge on any atom is -0.490 e. The molecule has 0 amide bonds. The van der Waals surface area contributed by atoms with Gasteiger partial charge in [0.25, 0.3) is 0 Å². The summed E-state index contributed by atoms with van der Waals surface area (Å²) in [6.45, 7) is 5.05. The first kappa shape index (κ1) is 13.3. The molecule has 0 aromatic heterocycles. The van der Waals surface area contributed by atoms with Crippen LogP contribution in [0.2, 0.25) is 0 Å². The van der Waals surface area contributed by atoms with Crippen molar-refractivity contribution in [1.82, 2.24) is 0 Å². The van der Waals surface area contributed by atoms with E-state index in [2.05, 4.69) is 12.1 Å². The summed E-state index contributed by atoms with van der Waals surface area (Å²) in [7, 11) is 0. The maximum Gasteiger partial charge on any atom is 0.142 e. The summed E-state index contributed by atoms with van der Waals surface area (Å²) < 4.78 is 11.3. The molecule has 3 heteroatoms. The maximum absolute atomic E-state index is 5.79. The standard InChI is InChI=1S/C16H19NO2/c1-12-7-8-13(2)16(11-12)19-10-9-18-15-6-4-3-5-14(15)17/h3-8,11H,9-10,17H2,1-2H3. The van der Waals surface area contributed by atoms with Crippen LogP contribution in [0, 0.1) is 13.8 Å². The van der Waals surface area contributed by atoms with Crippen molar-refractivity contribution < 1.29 is 9.47 Å². The van der Waals surface area contributed by atoms with Crippen LogP contribution in [0.15, 0.2) is 42.5 Å². The van der Waals surface area contributed by atoms with Gasteiger partial charge in [-0.05, 0) is 43.2 Å². The van der Waals surface area contributed by atoms with Crippen molar-refractivity contribution >= 4 is 5.69 Å². The van der Waals surface area contributed by atoms with Crippen LogP contribution >= 0.6 is 0 Å². The number of para-hydroxylation sites is 2. The summed E-state index contributed by atoms with van der Waals surface area (Å²) in [6, 6.07) is 13.6. The van der Waals surface area contributed by atoms with Crippen LogP contribution in [0.3, 0.4) is 0 Å². The van der Waals surface area contributed by atoms with Gasteiger partial charge in [-0.2, -0.15) is 0 Å². The molecular formula is C16H19NO2. The molecule has 0 unspecified atom stereocenters. The first-order chi connectivity index (χ1) is 9.16. The average Bonchev–Trinajstić information content (AvgIpc) is 2.40. The number of anilines is 1. The topological polar surface area (TPSA) is 44.5 Å². The Hall–Kier alpha value is -2.16. The van der Waals surface area contributed by atoms with Gasteiger partial charge in [-0.15, -0.1) is 0 Å². The molecule has 2 aromatic rings. The molecule has 2 aromatic carbocycles. The van der Waals surface area contributed by atoms with Gasteiger partial charge in [0, 0.05) is 0 Å². The van der Waals surface area contributed by atoms with Gasteiger partial charge in [0.1, 0.15) is 24.7 Å². The first-order valence-electron chi connectivity index (χ1n) is 6.34. The molecule has 2 N–H and O–H groups in total. The van der Waals surface area contributed by atoms with Crippen molar-refractivity contribution in [2.75, 3.05) is 18.9 Å². The van der Waals surface area contributed by atoms with E-state index in [9.17, 15) is 0 Å². The molecule has 0 heterocycles. The molecule has 0 spiro atoms. The van der Waals surface area contributed by atoms with Crippen molar-refractivity contribution in [1.29, 1.82) is 0 Å². The molecule has 2 rings (SSSR count). The third-order valence-electron chi connectivity index (χ3n) is 2.86. The quantitative estimate of drug-likeness (QED) is 0.660. The number of hydrogen-bond donors (Lipinski definition) is 1. The van der Waals surface area contributed by atoms with Crippen LogP contribution in [-0.2, 0) is 0 Å². The minimum absolute atomic E-state index is 0.474. The molecule has 0 saturated heterocycles. The van der Waals surface area contributed by atoms with E-state index >= 15 is 0 Å². The molecule has 0 fully saturated rings. The van der Waals surface area contributed by atoms with Crippen molar-refractivity contribution in [3.8, 4) is 11.5 Å². The Morgan fingerprint density at radius 2 is 1.58 bits per heavy atom. The SMILES string of the molecule is Cc1ccc(C)c(OCCOc2ccccc2N)c1. The highest BCUT2D eigenvalue weighted by molar-refractivity contribution is 5.51. The molecule has 0 bridgehead atoms. The second-order valence-corrected chi connectivity index (χ2v) is 4.50. The van der Waals surface area contributed by atoms with Gasteiger partial charge in [-0.1, -0.05) is 24.3 Å². The van der Waals surface area contributed by atoms with E-state index in [1.54, 1.807) is 0 Å². The lowest BCUT2D eigenvalue weighted by Crippen LogP contribution is -2.10. The summed E-state index contributed by atoms with van der Waals surface area (Å²) in [4.78, 5) is 0. The van der Waals surface area contributed by atoms with Crippen molar-refractivity contribution in [3.63, 3.8) is 0 Å². The fourth-order valence-electron chi connectivity index (χ4n) is 1.78. The van der Waals surface area contributed by atoms with Crippen LogP contribution in [0.4, 0.5) is 5.69 Å². The molecule has 3 nitrogen and oxygen atoms in total. The fraction of sp³-hybridized carbons (Fsp3) is 0.250. The highest BCUT2D eigenvalue weighted by Gasteiger charge is 2.01. The lowest BCUT2D eigenvalue weighted by atomic mass is 10.1.